The number of fused-ring (bicyclic) bond motifs is 1. The Morgan fingerprint density at radius 3 is 2.62 bits per heavy atom. The van der Waals surface area contributed by atoms with E-state index in [2.05, 4.69) is 30.3 Å². The zero-order valence-electron chi connectivity index (χ0n) is 12.2. The van der Waals surface area contributed by atoms with Crippen LogP contribution < -0.4 is 15.2 Å². The quantitative estimate of drug-likeness (QED) is 0.886. The molecule has 0 saturated carbocycles. The molecule has 0 aromatic heterocycles. The normalized spacial score (nSPS) is 12.8. The smallest absolute Gasteiger partial charge is 0.122 e. The molecular formula is C18H21NO2. The number of hydrogen-bond donors (Lipinski definition) is 1. The lowest BCUT2D eigenvalue weighted by atomic mass is 10.1. The van der Waals surface area contributed by atoms with Crippen LogP contribution in [0.1, 0.15) is 16.7 Å². The van der Waals surface area contributed by atoms with Crippen molar-refractivity contribution in [2.24, 2.45) is 5.73 Å². The summed E-state index contributed by atoms with van der Waals surface area (Å²) in [5.41, 5.74) is 9.42. The second-order valence-electron chi connectivity index (χ2n) is 5.32. The zero-order valence-corrected chi connectivity index (χ0v) is 12.2. The van der Waals surface area contributed by atoms with Crippen LogP contribution in [0.2, 0.25) is 0 Å². The highest BCUT2D eigenvalue weighted by Crippen LogP contribution is 2.26. The standard InChI is InChI=1S/C18H21NO2/c19-10-7-14-1-4-17(5-2-14)20-11-8-15-3-6-18-16(13-15)9-12-21-18/h1-6,13H,7-12,19H2. The Bertz CT molecular complexity index is 593. The lowest BCUT2D eigenvalue weighted by Gasteiger charge is -2.08. The molecule has 1 heterocycles. The van der Waals surface area contributed by atoms with Crippen LogP contribution >= 0.6 is 0 Å². The molecule has 3 rings (SSSR count). The van der Waals surface area contributed by atoms with E-state index in [0.717, 1.165) is 37.4 Å². The molecule has 2 N–H and O–H groups in total. The van der Waals surface area contributed by atoms with Gasteiger partial charge < -0.3 is 15.2 Å². The van der Waals surface area contributed by atoms with Gasteiger partial charge in [-0.3, -0.25) is 0 Å². The summed E-state index contributed by atoms with van der Waals surface area (Å²) in [6, 6.07) is 14.6. The summed E-state index contributed by atoms with van der Waals surface area (Å²) in [4.78, 5) is 0. The van der Waals surface area contributed by atoms with Crippen molar-refractivity contribution in [1.82, 2.24) is 0 Å². The number of benzene rings is 2. The van der Waals surface area contributed by atoms with Gasteiger partial charge in [0.2, 0.25) is 0 Å². The van der Waals surface area contributed by atoms with E-state index in [1.165, 1.54) is 16.7 Å². The molecule has 110 valence electrons. The van der Waals surface area contributed by atoms with Gasteiger partial charge in [-0.15, -0.1) is 0 Å². The van der Waals surface area contributed by atoms with E-state index in [9.17, 15) is 0 Å². The number of hydrogen-bond acceptors (Lipinski definition) is 3. The molecule has 0 atom stereocenters. The summed E-state index contributed by atoms with van der Waals surface area (Å²) in [6.45, 7) is 2.18. The molecule has 3 nitrogen and oxygen atoms in total. The van der Waals surface area contributed by atoms with E-state index in [1.54, 1.807) is 0 Å². The second-order valence-corrected chi connectivity index (χ2v) is 5.32. The van der Waals surface area contributed by atoms with Crippen molar-refractivity contribution in [3.05, 3.63) is 59.2 Å². The highest BCUT2D eigenvalue weighted by molar-refractivity contribution is 5.39. The Hall–Kier alpha value is -2.00. The van der Waals surface area contributed by atoms with Gasteiger partial charge in [0.25, 0.3) is 0 Å². The van der Waals surface area contributed by atoms with Crippen molar-refractivity contribution < 1.29 is 9.47 Å². The molecule has 1 aliphatic heterocycles. The van der Waals surface area contributed by atoms with Gasteiger partial charge in [0.1, 0.15) is 11.5 Å². The van der Waals surface area contributed by atoms with Crippen LogP contribution in [-0.2, 0) is 19.3 Å². The van der Waals surface area contributed by atoms with E-state index in [0.29, 0.717) is 13.2 Å². The van der Waals surface area contributed by atoms with Gasteiger partial charge in [-0.2, -0.15) is 0 Å². The van der Waals surface area contributed by atoms with Crippen molar-refractivity contribution in [2.45, 2.75) is 19.3 Å². The molecule has 2 aromatic rings. The molecule has 0 fully saturated rings. The van der Waals surface area contributed by atoms with Gasteiger partial charge in [-0.25, -0.2) is 0 Å². The first-order chi connectivity index (χ1) is 10.3. The van der Waals surface area contributed by atoms with Crippen molar-refractivity contribution in [1.29, 1.82) is 0 Å². The van der Waals surface area contributed by atoms with Crippen molar-refractivity contribution >= 4 is 0 Å². The summed E-state index contributed by atoms with van der Waals surface area (Å²) < 4.78 is 11.3. The number of nitrogens with two attached hydrogens (primary N) is 1. The maximum Gasteiger partial charge on any atom is 0.122 e. The Balaban J connectivity index is 1.51. The van der Waals surface area contributed by atoms with Crippen LogP contribution in [0.4, 0.5) is 0 Å². The van der Waals surface area contributed by atoms with Gasteiger partial charge in [-0.1, -0.05) is 24.3 Å². The van der Waals surface area contributed by atoms with E-state index in [4.69, 9.17) is 15.2 Å². The summed E-state index contributed by atoms with van der Waals surface area (Å²) >= 11 is 0. The first kappa shape index (κ1) is 14.0. The molecule has 0 bridgehead atoms. The average molecular weight is 283 g/mol. The Kier molecular flexibility index (Phi) is 4.41. The molecule has 21 heavy (non-hydrogen) atoms. The lowest BCUT2D eigenvalue weighted by molar-refractivity contribution is 0.322. The van der Waals surface area contributed by atoms with Crippen LogP contribution in [0.5, 0.6) is 11.5 Å². The van der Waals surface area contributed by atoms with Crippen LogP contribution in [0, 0.1) is 0 Å². The van der Waals surface area contributed by atoms with Gasteiger partial charge >= 0.3 is 0 Å². The molecule has 1 aliphatic rings. The van der Waals surface area contributed by atoms with Crippen molar-refractivity contribution in [3.63, 3.8) is 0 Å². The summed E-state index contributed by atoms with van der Waals surface area (Å²) in [7, 11) is 0. The minimum absolute atomic E-state index is 0.683. The predicted molar refractivity (Wildman–Crippen MR) is 84.0 cm³/mol. The molecule has 0 unspecified atom stereocenters. The van der Waals surface area contributed by atoms with Gasteiger partial charge in [0, 0.05) is 12.8 Å². The topological polar surface area (TPSA) is 44.5 Å². The maximum absolute atomic E-state index is 5.80. The molecule has 0 spiro atoms. The van der Waals surface area contributed by atoms with Crippen molar-refractivity contribution in [2.75, 3.05) is 19.8 Å². The molecule has 0 saturated heterocycles. The summed E-state index contributed by atoms with van der Waals surface area (Å²) in [6.07, 6.45) is 2.85. The highest BCUT2D eigenvalue weighted by Gasteiger charge is 2.11. The Morgan fingerprint density at radius 2 is 1.81 bits per heavy atom. The van der Waals surface area contributed by atoms with Gasteiger partial charge in [0.15, 0.2) is 0 Å². The molecule has 3 heteroatoms. The molecule has 0 amide bonds. The van der Waals surface area contributed by atoms with E-state index >= 15 is 0 Å². The fourth-order valence-corrected chi connectivity index (χ4v) is 2.60. The van der Waals surface area contributed by atoms with Crippen LogP contribution in [0.3, 0.4) is 0 Å². The average Bonchev–Trinajstić information content (AvgIpc) is 2.97. The Morgan fingerprint density at radius 1 is 1.00 bits per heavy atom. The third-order valence-corrected chi connectivity index (χ3v) is 3.77. The van der Waals surface area contributed by atoms with Crippen molar-refractivity contribution in [3.8, 4) is 11.5 Å². The SMILES string of the molecule is NCCc1ccc(OCCc2ccc3c(c2)CCO3)cc1. The minimum Gasteiger partial charge on any atom is -0.493 e. The fourth-order valence-electron chi connectivity index (χ4n) is 2.60. The van der Waals surface area contributed by atoms with Crippen LogP contribution in [-0.4, -0.2) is 19.8 Å². The highest BCUT2D eigenvalue weighted by atomic mass is 16.5. The first-order valence-electron chi connectivity index (χ1n) is 7.51. The molecule has 2 aromatic carbocycles. The number of ether oxygens (including phenoxy) is 2. The molecule has 0 aliphatic carbocycles. The van der Waals surface area contributed by atoms with E-state index in [1.807, 2.05) is 12.1 Å². The molecule has 0 radical (unpaired) electrons. The van der Waals surface area contributed by atoms with Gasteiger partial charge in [0.05, 0.1) is 13.2 Å². The third kappa shape index (κ3) is 3.56. The third-order valence-electron chi connectivity index (χ3n) is 3.77. The van der Waals surface area contributed by atoms with E-state index in [-0.39, 0.29) is 0 Å². The monoisotopic (exact) mass is 283 g/mol. The summed E-state index contributed by atoms with van der Waals surface area (Å²) in [5.74, 6) is 1.95. The summed E-state index contributed by atoms with van der Waals surface area (Å²) in [5, 5.41) is 0. The Labute approximate surface area is 125 Å². The number of rotatable bonds is 6. The van der Waals surface area contributed by atoms with E-state index < -0.39 is 0 Å². The van der Waals surface area contributed by atoms with Gasteiger partial charge in [-0.05, 0) is 47.9 Å². The largest absolute Gasteiger partial charge is 0.493 e. The van der Waals surface area contributed by atoms with Crippen LogP contribution in [0.15, 0.2) is 42.5 Å². The lowest BCUT2D eigenvalue weighted by Crippen LogP contribution is -2.03. The minimum atomic E-state index is 0.683. The predicted octanol–water partition coefficient (Wildman–Crippen LogP) is 2.74. The fraction of sp³-hybridized carbons (Fsp3) is 0.333. The second kappa shape index (κ2) is 6.64. The zero-order chi connectivity index (χ0) is 14.5. The maximum atomic E-state index is 5.80. The molecular weight excluding hydrogens is 262 g/mol. The van der Waals surface area contributed by atoms with Crippen LogP contribution in [0.25, 0.3) is 0 Å². The first-order valence-corrected chi connectivity index (χ1v) is 7.51.